The van der Waals surface area contributed by atoms with Crippen LogP contribution >= 0.6 is 22.9 Å². The van der Waals surface area contributed by atoms with Gasteiger partial charge in [0.15, 0.2) is 6.61 Å². The zero-order valence-electron chi connectivity index (χ0n) is 14.3. The van der Waals surface area contributed by atoms with Gasteiger partial charge in [0.05, 0.1) is 5.69 Å². The van der Waals surface area contributed by atoms with Gasteiger partial charge in [-0.15, -0.1) is 16.4 Å². The van der Waals surface area contributed by atoms with Crippen molar-refractivity contribution in [3.63, 3.8) is 0 Å². The SMILES string of the molecule is Cc1ccc(OCC(=O)Nc2nc3scc(-c4ccc(Cl)cc4)n3n2)cc1. The number of aryl methyl sites for hydroxylation is 1. The fourth-order valence-corrected chi connectivity index (χ4v) is 3.45. The van der Waals surface area contributed by atoms with Crippen molar-refractivity contribution in [1.82, 2.24) is 14.6 Å². The number of halogens is 1. The Hall–Kier alpha value is -2.90. The quantitative estimate of drug-likeness (QED) is 0.539. The van der Waals surface area contributed by atoms with Crippen LogP contribution in [0.15, 0.2) is 53.9 Å². The molecule has 0 saturated heterocycles. The van der Waals surface area contributed by atoms with E-state index in [1.54, 1.807) is 4.52 Å². The van der Waals surface area contributed by atoms with Gasteiger partial charge in [0.1, 0.15) is 5.75 Å². The third-order valence-corrected chi connectivity index (χ3v) is 4.93. The Bertz CT molecular complexity index is 1090. The Morgan fingerprint density at radius 3 is 2.67 bits per heavy atom. The van der Waals surface area contributed by atoms with Crippen LogP contribution in [-0.4, -0.2) is 27.1 Å². The van der Waals surface area contributed by atoms with E-state index < -0.39 is 0 Å². The number of aromatic nitrogens is 3. The van der Waals surface area contributed by atoms with Crippen LogP contribution in [-0.2, 0) is 4.79 Å². The molecule has 1 amide bonds. The van der Waals surface area contributed by atoms with E-state index in [2.05, 4.69) is 15.4 Å². The van der Waals surface area contributed by atoms with Crippen molar-refractivity contribution in [1.29, 1.82) is 0 Å². The van der Waals surface area contributed by atoms with Crippen molar-refractivity contribution in [3.05, 3.63) is 64.5 Å². The lowest BCUT2D eigenvalue weighted by Gasteiger charge is -2.05. The smallest absolute Gasteiger partial charge is 0.264 e. The predicted molar refractivity (Wildman–Crippen MR) is 107 cm³/mol. The largest absolute Gasteiger partial charge is 0.484 e. The van der Waals surface area contributed by atoms with E-state index in [1.807, 2.05) is 60.8 Å². The van der Waals surface area contributed by atoms with Gasteiger partial charge in [0, 0.05) is 16.0 Å². The van der Waals surface area contributed by atoms with Crippen LogP contribution < -0.4 is 10.1 Å². The molecule has 0 spiro atoms. The monoisotopic (exact) mass is 398 g/mol. The summed E-state index contributed by atoms with van der Waals surface area (Å²) >= 11 is 7.39. The Balaban J connectivity index is 1.45. The number of benzene rings is 2. The lowest BCUT2D eigenvalue weighted by Crippen LogP contribution is -2.20. The molecule has 0 radical (unpaired) electrons. The molecule has 0 aliphatic rings. The molecule has 1 N–H and O–H groups in total. The van der Waals surface area contributed by atoms with Crippen molar-refractivity contribution in [3.8, 4) is 17.0 Å². The molecule has 2 aromatic heterocycles. The minimum atomic E-state index is -0.318. The van der Waals surface area contributed by atoms with Crippen molar-refractivity contribution < 1.29 is 9.53 Å². The van der Waals surface area contributed by atoms with E-state index >= 15 is 0 Å². The van der Waals surface area contributed by atoms with Gasteiger partial charge in [-0.2, -0.15) is 4.98 Å². The maximum atomic E-state index is 12.1. The molecule has 0 unspecified atom stereocenters. The average molecular weight is 399 g/mol. The summed E-state index contributed by atoms with van der Waals surface area (Å²) in [4.78, 5) is 17.1. The van der Waals surface area contributed by atoms with Crippen LogP contribution in [0.25, 0.3) is 16.2 Å². The van der Waals surface area contributed by atoms with E-state index in [4.69, 9.17) is 16.3 Å². The van der Waals surface area contributed by atoms with E-state index in [1.165, 1.54) is 11.3 Å². The summed E-state index contributed by atoms with van der Waals surface area (Å²) in [5.41, 5.74) is 2.98. The average Bonchev–Trinajstić information content (AvgIpc) is 3.22. The molecule has 27 heavy (non-hydrogen) atoms. The second kappa shape index (κ2) is 7.38. The first-order valence-electron chi connectivity index (χ1n) is 8.18. The standard InChI is InChI=1S/C19H15ClN4O2S/c1-12-2-8-15(9-3-12)26-10-17(25)21-18-22-19-24(23-18)16(11-27-19)13-4-6-14(20)7-5-13/h2-9,11H,10H2,1H3,(H,21,23,25). The normalized spacial score (nSPS) is 10.9. The molecule has 4 rings (SSSR count). The summed E-state index contributed by atoms with van der Waals surface area (Å²) in [6.07, 6.45) is 0. The predicted octanol–water partition coefficient (Wildman–Crippen LogP) is 4.44. The van der Waals surface area contributed by atoms with Gasteiger partial charge in [-0.25, -0.2) is 4.52 Å². The summed E-state index contributed by atoms with van der Waals surface area (Å²) in [7, 11) is 0. The number of hydrogen-bond donors (Lipinski definition) is 1. The van der Waals surface area contributed by atoms with Gasteiger partial charge in [-0.1, -0.05) is 41.4 Å². The summed E-state index contributed by atoms with van der Waals surface area (Å²) in [5.74, 6) is 0.566. The number of anilines is 1. The summed E-state index contributed by atoms with van der Waals surface area (Å²) in [6, 6.07) is 15.0. The zero-order valence-corrected chi connectivity index (χ0v) is 15.9. The van der Waals surface area contributed by atoms with Gasteiger partial charge in [-0.3, -0.25) is 10.1 Å². The number of thiazole rings is 1. The molecule has 4 aromatic rings. The highest BCUT2D eigenvalue weighted by atomic mass is 35.5. The molecular formula is C19H15ClN4O2S. The number of hydrogen-bond acceptors (Lipinski definition) is 5. The number of carbonyl (C=O) groups excluding carboxylic acids is 1. The second-order valence-corrected chi connectivity index (χ2v) is 7.18. The first-order valence-corrected chi connectivity index (χ1v) is 9.44. The third-order valence-electron chi connectivity index (χ3n) is 3.86. The van der Waals surface area contributed by atoms with Crippen LogP contribution in [0, 0.1) is 6.92 Å². The molecule has 136 valence electrons. The van der Waals surface area contributed by atoms with E-state index in [-0.39, 0.29) is 18.5 Å². The van der Waals surface area contributed by atoms with Crippen molar-refractivity contribution in [2.75, 3.05) is 11.9 Å². The van der Waals surface area contributed by atoms with Gasteiger partial charge >= 0.3 is 0 Å². The maximum absolute atomic E-state index is 12.1. The van der Waals surface area contributed by atoms with E-state index in [9.17, 15) is 4.79 Å². The number of carbonyl (C=O) groups is 1. The molecule has 0 saturated carbocycles. The fourth-order valence-electron chi connectivity index (χ4n) is 2.50. The van der Waals surface area contributed by atoms with Crippen molar-refractivity contribution in [2.45, 2.75) is 6.92 Å². The molecule has 0 fully saturated rings. The number of amides is 1. The first-order chi connectivity index (χ1) is 13.1. The summed E-state index contributed by atoms with van der Waals surface area (Å²) in [6.45, 7) is 1.88. The van der Waals surface area contributed by atoms with E-state index in [0.717, 1.165) is 16.8 Å². The maximum Gasteiger partial charge on any atom is 0.264 e. The molecule has 8 heteroatoms. The molecule has 0 aliphatic heterocycles. The summed E-state index contributed by atoms with van der Waals surface area (Å²) in [5, 5.41) is 9.67. The number of ether oxygens (including phenoxy) is 1. The lowest BCUT2D eigenvalue weighted by atomic mass is 10.2. The highest BCUT2D eigenvalue weighted by Gasteiger charge is 2.13. The Kier molecular flexibility index (Phi) is 4.79. The van der Waals surface area contributed by atoms with Crippen molar-refractivity contribution in [2.24, 2.45) is 0 Å². The highest BCUT2D eigenvalue weighted by molar-refractivity contribution is 7.15. The van der Waals surface area contributed by atoms with Gasteiger partial charge in [0.2, 0.25) is 4.96 Å². The minimum Gasteiger partial charge on any atom is -0.484 e. The van der Waals surface area contributed by atoms with Gasteiger partial charge < -0.3 is 4.74 Å². The Morgan fingerprint density at radius 2 is 1.93 bits per heavy atom. The Labute approximate surface area is 164 Å². The molecule has 6 nitrogen and oxygen atoms in total. The second-order valence-electron chi connectivity index (χ2n) is 5.91. The highest BCUT2D eigenvalue weighted by Crippen LogP contribution is 2.26. The molecule has 0 atom stereocenters. The number of fused-ring (bicyclic) bond motifs is 1. The number of nitrogens with one attached hydrogen (secondary N) is 1. The van der Waals surface area contributed by atoms with E-state index in [0.29, 0.717) is 15.7 Å². The van der Waals surface area contributed by atoms with Crippen LogP contribution in [0.4, 0.5) is 5.95 Å². The molecule has 2 heterocycles. The van der Waals surface area contributed by atoms with Crippen LogP contribution in [0.3, 0.4) is 0 Å². The van der Waals surface area contributed by atoms with Crippen LogP contribution in [0.2, 0.25) is 5.02 Å². The molecule has 2 aromatic carbocycles. The number of rotatable bonds is 5. The van der Waals surface area contributed by atoms with Crippen LogP contribution in [0.1, 0.15) is 5.56 Å². The molecule has 0 bridgehead atoms. The van der Waals surface area contributed by atoms with Crippen molar-refractivity contribution >= 4 is 39.8 Å². The van der Waals surface area contributed by atoms with Gasteiger partial charge in [-0.05, 0) is 31.2 Å². The van der Waals surface area contributed by atoms with Gasteiger partial charge in [0.25, 0.3) is 11.9 Å². The lowest BCUT2D eigenvalue weighted by molar-refractivity contribution is -0.118. The summed E-state index contributed by atoms with van der Waals surface area (Å²) < 4.78 is 7.17. The third kappa shape index (κ3) is 3.94. The number of nitrogens with zero attached hydrogens (tertiary/aromatic N) is 3. The first kappa shape index (κ1) is 17.5. The molecule has 0 aliphatic carbocycles. The fraction of sp³-hybridized carbons (Fsp3) is 0.105. The Morgan fingerprint density at radius 1 is 1.19 bits per heavy atom. The minimum absolute atomic E-state index is 0.111. The molecular weight excluding hydrogens is 384 g/mol. The van der Waals surface area contributed by atoms with Crippen LogP contribution in [0.5, 0.6) is 5.75 Å². The zero-order chi connectivity index (χ0) is 18.8. The topological polar surface area (TPSA) is 68.5 Å².